The first kappa shape index (κ1) is 17.9. The maximum absolute atomic E-state index is 12.0. The van der Waals surface area contributed by atoms with Crippen molar-refractivity contribution in [2.75, 3.05) is 29.9 Å². The summed E-state index contributed by atoms with van der Waals surface area (Å²) in [6.45, 7) is 7.52. The molecule has 0 radical (unpaired) electrons. The van der Waals surface area contributed by atoms with Gasteiger partial charge in [0.2, 0.25) is 5.91 Å². The molecule has 0 aliphatic rings. The molecule has 5 heteroatoms. The van der Waals surface area contributed by atoms with Gasteiger partial charge in [0.15, 0.2) is 0 Å². The summed E-state index contributed by atoms with van der Waals surface area (Å²) in [4.78, 5) is 18.5. The number of carbonyl (C=O) groups excluding carboxylic acids is 1. The lowest BCUT2D eigenvalue weighted by Crippen LogP contribution is -2.22. The highest BCUT2D eigenvalue weighted by Crippen LogP contribution is 2.17. The average molecular weight is 326 g/mol. The van der Waals surface area contributed by atoms with Gasteiger partial charge in [-0.25, -0.2) is 0 Å². The van der Waals surface area contributed by atoms with Gasteiger partial charge in [-0.2, -0.15) is 0 Å². The molecule has 0 aliphatic heterocycles. The van der Waals surface area contributed by atoms with Crippen LogP contribution in [0.1, 0.15) is 26.0 Å². The zero-order valence-electron chi connectivity index (χ0n) is 14.5. The third kappa shape index (κ3) is 5.66. The quantitative estimate of drug-likeness (QED) is 0.696. The average Bonchev–Trinajstić information content (AvgIpc) is 2.62. The molecule has 5 nitrogen and oxygen atoms in total. The Morgan fingerprint density at radius 3 is 2.46 bits per heavy atom. The summed E-state index contributed by atoms with van der Waals surface area (Å²) in [5.41, 5.74) is 2.99. The third-order valence-corrected chi connectivity index (χ3v) is 3.84. The number of benzene rings is 1. The molecule has 0 atom stereocenters. The van der Waals surface area contributed by atoms with Gasteiger partial charge in [-0.1, -0.05) is 6.07 Å². The van der Waals surface area contributed by atoms with Crippen molar-refractivity contribution in [3.05, 3.63) is 54.4 Å². The van der Waals surface area contributed by atoms with Crippen molar-refractivity contribution < 1.29 is 4.79 Å². The Hall–Kier alpha value is -2.40. The van der Waals surface area contributed by atoms with E-state index in [2.05, 4.69) is 34.4 Å². The Balaban J connectivity index is 1.72. The largest absolute Gasteiger partial charge is 0.372 e. The van der Waals surface area contributed by atoms with Crippen LogP contribution in [-0.2, 0) is 11.3 Å². The standard InChI is InChI=1S/C19H26N4O/c1-3-23(4-2)18-10-8-16(9-11-18)22-19(24)12-14-20-15-17-7-5-6-13-21-17/h5-11,13,20H,3-4,12,14-15H2,1-2H3,(H,22,24). The van der Waals surface area contributed by atoms with Crippen molar-refractivity contribution in [1.29, 1.82) is 0 Å². The number of pyridine rings is 1. The predicted octanol–water partition coefficient (Wildman–Crippen LogP) is 3.05. The van der Waals surface area contributed by atoms with E-state index in [9.17, 15) is 4.79 Å². The van der Waals surface area contributed by atoms with Gasteiger partial charge in [-0.3, -0.25) is 9.78 Å². The molecule has 1 aromatic heterocycles. The van der Waals surface area contributed by atoms with Crippen molar-refractivity contribution in [2.45, 2.75) is 26.8 Å². The van der Waals surface area contributed by atoms with Crippen LogP contribution in [0.5, 0.6) is 0 Å². The van der Waals surface area contributed by atoms with Crippen LogP contribution < -0.4 is 15.5 Å². The van der Waals surface area contributed by atoms with Gasteiger partial charge in [0.25, 0.3) is 0 Å². The second kappa shape index (κ2) is 9.67. The van der Waals surface area contributed by atoms with E-state index in [0.29, 0.717) is 19.5 Å². The Labute approximate surface area is 144 Å². The molecule has 0 saturated heterocycles. The number of nitrogens with zero attached hydrogens (tertiary/aromatic N) is 2. The summed E-state index contributed by atoms with van der Waals surface area (Å²) >= 11 is 0. The summed E-state index contributed by atoms with van der Waals surface area (Å²) in [5, 5.41) is 6.16. The second-order valence-corrected chi connectivity index (χ2v) is 5.52. The molecule has 0 aliphatic carbocycles. The number of nitrogens with one attached hydrogen (secondary N) is 2. The minimum absolute atomic E-state index is 0.0131. The van der Waals surface area contributed by atoms with E-state index in [1.807, 2.05) is 42.5 Å². The Morgan fingerprint density at radius 1 is 1.08 bits per heavy atom. The van der Waals surface area contributed by atoms with Gasteiger partial charge in [-0.15, -0.1) is 0 Å². The Bertz CT molecular complexity index is 609. The molecule has 128 valence electrons. The van der Waals surface area contributed by atoms with Crippen LogP contribution in [0.3, 0.4) is 0 Å². The van der Waals surface area contributed by atoms with Gasteiger partial charge < -0.3 is 15.5 Å². The maximum Gasteiger partial charge on any atom is 0.225 e. The summed E-state index contributed by atoms with van der Waals surface area (Å²) < 4.78 is 0. The zero-order chi connectivity index (χ0) is 17.2. The van der Waals surface area contributed by atoms with Gasteiger partial charge in [0.1, 0.15) is 0 Å². The molecule has 0 bridgehead atoms. The molecule has 24 heavy (non-hydrogen) atoms. The van der Waals surface area contributed by atoms with Crippen LogP contribution in [0.25, 0.3) is 0 Å². The normalized spacial score (nSPS) is 10.4. The van der Waals surface area contributed by atoms with Gasteiger partial charge in [-0.05, 0) is 50.2 Å². The van der Waals surface area contributed by atoms with E-state index < -0.39 is 0 Å². The molecule has 0 saturated carbocycles. The van der Waals surface area contributed by atoms with Crippen LogP contribution in [0, 0.1) is 0 Å². The van der Waals surface area contributed by atoms with Crippen molar-refractivity contribution in [2.24, 2.45) is 0 Å². The van der Waals surface area contributed by atoms with E-state index >= 15 is 0 Å². The van der Waals surface area contributed by atoms with E-state index in [-0.39, 0.29) is 5.91 Å². The number of hydrogen-bond donors (Lipinski definition) is 2. The molecular weight excluding hydrogens is 300 g/mol. The van der Waals surface area contributed by atoms with Crippen molar-refractivity contribution in [3.63, 3.8) is 0 Å². The molecule has 1 heterocycles. The molecular formula is C19H26N4O. The number of aromatic nitrogens is 1. The van der Waals surface area contributed by atoms with Crippen LogP contribution in [0.4, 0.5) is 11.4 Å². The lowest BCUT2D eigenvalue weighted by atomic mass is 10.2. The summed E-state index contributed by atoms with van der Waals surface area (Å²) in [6.07, 6.45) is 2.20. The highest BCUT2D eigenvalue weighted by molar-refractivity contribution is 5.91. The van der Waals surface area contributed by atoms with Gasteiger partial charge in [0, 0.05) is 50.2 Å². The van der Waals surface area contributed by atoms with Crippen molar-refractivity contribution in [3.8, 4) is 0 Å². The first-order valence-electron chi connectivity index (χ1n) is 8.48. The van der Waals surface area contributed by atoms with Crippen LogP contribution in [0.15, 0.2) is 48.7 Å². The van der Waals surface area contributed by atoms with Crippen molar-refractivity contribution >= 4 is 17.3 Å². The lowest BCUT2D eigenvalue weighted by Gasteiger charge is -2.21. The molecule has 2 aromatic rings. The summed E-state index contributed by atoms with van der Waals surface area (Å²) in [7, 11) is 0. The minimum atomic E-state index is 0.0131. The van der Waals surface area contributed by atoms with Gasteiger partial charge >= 0.3 is 0 Å². The highest BCUT2D eigenvalue weighted by Gasteiger charge is 2.04. The van der Waals surface area contributed by atoms with Crippen LogP contribution in [0.2, 0.25) is 0 Å². The first-order valence-corrected chi connectivity index (χ1v) is 8.48. The second-order valence-electron chi connectivity index (χ2n) is 5.52. The topological polar surface area (TPSA) is 57.3 Å². The molecule has 0 spiro atoms. The lowest BCUT2D eigenvalue weighted by molar-refractivity contribution is -0.116. The van der Waals surface area contributed by atoms with Crippen LogP contribution in [-0.4, -0.2) is 30.5 Å². The number of rotatable bonds is 9. The molecule has 0 unspecified atom stereocenters. The van der Waals surface area contributed by atoms with E-state index in [1.54, 1.807) is 6.20 Å². The van der Waals surface area contributed by atoms with E-state index in [0.717, 1.165) is 24.5 Å². The fourth-order valence-electron chi connectivity index (χ4n) is 2.49. The maximum atomic E-state index is 12.0. The molecule has 2 N–H and O–H groups in total. The first-order chi connectivity index (χ1) is 11.7. The highest BCUT2D eigenvalue weighted by atomic mass is 16.1. The number of carbonyl (C=O) groups is 1. The monoisotopic (exact) mass is 326 g/mol. The van der Waals surface area contributed by atoms with E-state index in [4.69, 9.17) is 0 Å². The van der Waals surface area contributed by atoms with Gasteiger partial charge in [0.05, 0.1) is 5.69 Å². The Morgan fingerprint density at radius 2 is 1.83 bits per heavy atom. The third-order valence-electron chi connectivity index (χ3n) is 3.84. The number of hydrogen-bond acceptors (Lipinski definition) is 4. The molecule has 0 fully saturated rings. The molecule has 2 rings (SSSR count). The summed E-state index contributed by atoms with van der Waals surface area (Å²) in [6, 6.07) is 13.8. The fourth-order valence-corrected chi connectivity index (χ4v) is 2.49. The van der Waals surface area contributed by atoms with Crippen LogP contribution >= 0.6 is 0 Å². The predicted molar refractivity (Wildman–Crippen MR) is 99.2 cm³/mol. The number of anilines is 2. The number of amides is 1. The minimum Gasteiger partial charge on any atom is -0.372 e. The summed E-state index contributed by atoms with van der Waals surface area (Å²) in [5.74, 6) is 0.0131. The van der Waals surface area contributed by atoms with Crippen molar-refractivity contribution in [1.82, 2.24) is 10.3 Å². The smallest absolute Gasteiger partial charge is 0.225 e. The SMILES string of the molecule is CCN(CC)c1ccc(NC(=O)CCNCc2ccccn2)cc1. The Kier molecular flexibility index (Phi) is 7.23. The molecule has 1 amide bonds. The molecule has 1 aromatic carbocycles. The van der Waals surface area contributed by atoms with E-state index in [1.165, 1.54) is 5.69 Å². The fraction of sp³-hybridized carbons (Fsp3) is 0.368. The zero-order valence-corrected chi connectivity index (χ0v) is 14.5.